The van der Waals surface area contributed by atoms with Crippen molar-refractivity contribution in [1.29, 1.82) is 0 Å². The lowest BCUT2D eigenvalue weighted by molar-refractivity contribution is 0.104. The molecule has 138 valence electrons. The van der Waals surface area contributed by atoms with Crippen LogP contribution >= 0.6 is 19.1 Å². The average Bonchev–Trinajstić information content (AvgIpc) is 3.30. The van der Waals surface area contributed by atoms with Gasteiger partial charge in [0.15, 0.2) is 5.01 Å². The number of aryl methyl sites for hydroxylation is 1. The van der Waals surface area contributed by atoms with Crippen LogP contribution in [0.2, 0.25) is 0 Å². The third-order valence-electron chi connectivity index (χ3n) is 3.73. The maximum atomic E-state index is 13.7. The van der Waals surface area contributed by atoms with Gasteiger partial charge in [0, 0.05) is 23.9 Å². The van der Waals surface area contributed by atoms with Crippen molar-refractivity contribution in [2.75, 3.05) is 0 Å². The van der Waals surface area contributed by atoms with E-state index in [0.29, 0.717) is 15.9 Å². The number of ketones is 1. The van der Waals surface area contributed by atoms with Crippen molar-refractivity contribution in [3.05, 3.63) is 52.1 Å². The zero-order chi connectivity index (χ0) is 19.3. The Hall–Kier alpha value is -2.72. The Morgan fingerprint density at radius 1 is 1.33 bits per heavy atom. The molecule has 0 unspecified atom stereocenters. The first-order chi connectivity index (χ1) is 12.7. The summed E-state index contributed by atoms with van der Waals surface area (Å²) in [5.74, 6) is -0.686. The number of carbonyl (C=O) groups excluding carboxylic acids is 1. The van der Waals surface area contributed by atoms with E-state index in [9.17, 15) is 23.5 Å². The maximum Gasteiger partial charge on any atom is 0.434 e. The molecule has 3 aromatic heterocycles. The number of benzene rings is 1. The van der Waals surface area contributed by atoms with E-state index in [-0.39, 0.29) is 27.3 Å². The molecular formula is C15H10FN4O5PS. The molecule has 4 aromatic rings. The summed E-state index contributed by atoms with van der Waals surface area (Å²) in [5.41, 5.74) is 0.293. The van der Waals surface area contributed by atoms with E-state index >= 15 is 0 Å². The van der Waals surface area contributed by atoms with E-state index in [0.717, 1.165) is 29.7 Å². The van der Waals surface area contributed by atoms with E-state index in [1.165, 1.54) is 6.07 Å². The van der Waals surface area contributed by atoms with Crippen LogP contribution in [-0.4, -0.2) is 35.0 Å². The van der Waals surface area contributed by atoms with Gasteiger partial charge >= 0.3 is 7.75 Å². The third-order valence-corrected chi connectivity index (χ3v) is 5.46. The number of fused-ring (bicyclic) bond motifs is 1. The van der Waals surface area contributed by atoms with Crippen LogP contribution in [0.5, 0.6) is 0 Å². The first-order valence-corrected chi connectivity index (χ1v) is 9.86. The summed E-state index contributed by atoms with van der Waals surface area (Å²) in [4.78, 5) is 40.0. The monoisotopic (exact) mass is 408 g/mol. The minimum absolute atomic E-state index is 0.0404. The quantitative estimate of drug-likeness (QED) is 0.389. The number of nitrogens with zero attached hydrogens (tertiary/aromatic N) is 4. The Morgan fingerprint density at radius 3 is 2.78 bits per heavy atom. The van der Waals surface area contributed by atoms with Crippen LogP contribution in [0.25, 0.3) is 22.4 Å². The smallest absolute Gasteiger partial charge is 0.339 e. The fraction of sp³-hybridized carbons (Fsp3) is 0.0667. The zero-order valence-corrected chi connectivity index (χ0v) is 15.2. The van der Waals surface area contributed by atoms with Crippen LogP contribution in [0, 0.1) is 12.7 Å². The summed E-state index contributed by atoms with van der Waals surface area (Å²) in [6, 6.07) is 3.31. The lowest BCUT2D eigenvalue weighted by atomic mass is 10.1. The second-order valence-electron chi connectivity index (χ2n) is 5.57. The van der Waals surface area contributed by atoms with Crippen molar-refractivity contribution >= 4 is 35.8 Å². The molecule has 0 spiro atoms. The molecule has 0 aliphatic heterocycles. The normalized spacial score (nSPS) is 12.0. The molecule has 12 heteroatoms. The second kappa shape index (κ2) is 6.17. The van der Waals surface area contributed by atoms with Gasteiger partial charge in [-0.05, 0) is 18.2 Å². The maximum absolute atomic E-state index is 13.7. The van der Waals surface area contributed by atoms with Gasteiger partial charge in [0.05, 0.1) is 11.1 Å². The van der Waals surface area contributed by atoms with Gasteiger partial charge in [0.2, 0.25) is 17.5 Å². The predicted molar refractivity (Wildman–Crippen MR) is 92.9 cm³/mol. The van der Waals surface area contributed by atoms with Gasteiger partial charge in [0.1, 0.15) is 11.5 Å². The van der Waals surface area contributed by atoms with Crippen LogP contribution in [-0.2, 0) is 4.57 Å². The van der Waals surface area contributed by atoms with Crippen LogP contribution < -0.4 is 0 Å². The predicted octanol–water partition coefficient (Wildman–Crippen LogP) is 2.77. The van der Waals surface area contributed by atoms with Crippen LogP contribution in [0.15, 0.2) is 34.3 Å². The molecular weight excluding hydrogens is 398 g/mol. The number of rotatable bonds is 4. The third kappa shape index (κ3) is 3.10. The highest BCUT2D eigenvalue weighted by Crippen LogP contribution is 2.42. The van der Waals surface area contributed by atoms with Crippen molar-refractivity contribution in [3.8, 4) is 11.5 Å². The number of thiazole rings is 1. The van der Waals surface area contributed by atoms with Gasteiger partial charge in [0.25, 0.3) is 0 Å². The highest BCUT2D eigenvalue weighted by atomic mass is 32.1. The molecule has 1 aromatic carbocycles. The highest BCUT2D eigenvalue weighted by Gasteiger charge is 2.26. The molecule has 0 fully saturated rings. The molecule has 0 bridgehead atoms. The fourth-order valence-electron chi connectivity index (χ4n) is 2.58. The number of hydrogen-bond donors (Lipinski definition) is 2. The van der Waals surface area contributed by atoms with E-state index in [1.54, 1.807) is 12.3 Å². The van der Waals surface area contributed by atoms with Crippen molar-refractivity contribution in [2.45, 2.75) is 6.92 Å². The van der Waals surface area contributed by atoms with Crippen molar-refractivity contribution in [1.82, 2.24) is 19.5 Å². The Kier molecular flexibility index (Phi) is 4.04. The minimum atomic E-state index is -4.74. The molecule has 3 heterocycles. The molecule has 0 radical (unpaired) electrons. The van der Waals surface area contributed by atoms with Crippen LogP contribution in [0.3, 0.4) is 0 Å². The van der Waals surface area contributed by atoms with Crippen LogP contribution in [0.1, 0.15) is 21.3 Å². The zero-order valence-electron chi connectivity index (χ0n) is 13.5. The Bertz CT molecular complexity index is 1240. The molecule has 2 N–H and O–H groups in total. The highest BCUT2D eigenvalue weighted by molar-refractivity contribution is 7.50. The number of hydrogen-bond acceptors (Lipinski definition) is 7. The average molecular weight is 408 g/mol. The Morgan fingerprint density at radius 2 is 2.11 bits per heavy atom. The first kappa shape index (κ1) is 17.7. The topological polar surface area (TPSA) is 131 Å². The van der Waals surface area contributed by atoms with Gasteiger partial charge in [-0.2, -0.15) is 4.98 Å². The molecule has 27 heavy (non-hydrogen) atoms. The van der Waals surface area contributed by atoms with E-state index in [1.807, 2.05) is 0 Å². The van der Waals surface area contributed by atoms with E-state index in [4.69, 9.17) is 4.52 Å². The molecule has 9 nitrogen and oxygen atoms in total. The summed E-state index contributed by atoms with van der Waals surface area (Å²) in [7, 11) is -4.74. The number of carbonyl (C=O) groups is 1. The van der Waals surface area contributed by atoms with E-state index in [2.05, 4.69) is 15.1 Å². The molecule has 4 rings (SSSR count). The van der Waals surface area contributed by atoms with Crippen LogP contribution in [0.4, 0.5) is 4.39 Å². The fourth-order valence-corrected chi connectivity index (χ4v) is 4.05. The first-order valence-electron chi connectivity index (χ1n) is 7.42. The van der Waals surface area contributed by atoms with Crippen molar-refractivity contribution in [2.24, 2.45) is 0 Å². The molecule has 0 saturated carbocycles. The summed E-state index contributed by atoms with van der Waals surface area (Å²) in [6.07, 6.45) is 1.01. The molecule has 0 aliphatic carbocycles. The Labute approximate surface area is 154 Å². The summed E-state index contributed by atoms with van der Waals surface area (Å²) in [5, 5.41) is 5.40. The SMILES string of the molecule is Cc1nc(-c2csc(C(=O)c3cn(P(=O)(O)O)c4ccc(F)cc34)n2)no1. The van der Waals surface area contributed by atoms with Crippen molar-refractivity contribution in [3.63, 3.8) is 0 Å². The molecule has 0 aliphatic rings. The Balaban J connectivity index is 1.83. The van der Waals surface area contributed by atoms with Gasteiger partial charge < -0.3 is 14.3 Å². The molecule has 0 amide bonds. The minimum Gasteiger partial charge on any atom is -0.339 e. The summed E-state index contributed by atoms with van der Waals surface area (Å²) >= 11 is 1.01. The lowest BCUT2D eigenvalue weighted by Gasteiger charge is -2.05. The number of aromatic nitrogens is 4. The van der Waals surface area contributed by atoms with Gasteiger partial charge in [-0.3, -0.25) is 9.13 Å². The van der Waals surface area contributed by atoms with Gasteiger partial charge in [-0.25, -0.2) is 13.9 Å². The van der Waals surface area contributed by atoms with Gasteiger partial charge in [-0.15, -0.1) is 11.3 Å². The largest absolute Gasteiger partial charge is 0.434 e. The summed E-state index contributed by atoms with van der Waals surface area (Å²) < 4.78 is 30.9. The second-order valence-corrected chi connectivity index (χ2v) is 7.88. The summed E-state index contributed by atoms with van der Waals surface area (Å²) in [6.45, 7) is 1.61. The molecule has 0 atom stereocenters. The van der Waals surface area contributed by atoms with E-state index < -0.39 is 19.3 Å². The lowest BCUT2D eigenvalue weighted by Crippen LogP contribution is -2.00. The standard InChI is InChI=1S/C15H10FN4O5PS/c1-7-17-14(19-25-7)11-6-27-15(18-11)13(21)10-5-20(26(22,23)24)12-3-2-8(16)4-9(10)12/h2-6H,1H3,(H2,22,23,24). The van der Waals surface area contributed by atoms with Gasteiger partial charge in [-0.1, -0.05) is 5.16 Å². The van der Waals surface area contributed by atoms with Crippen molar-refractivity contribution < 1.29 is 28.1 Å². The molecule has 0 saturated heterocycles. The number of halogens is 1.